The summed E-state index contributed by atoms with van der Waals surface area (Å²) in [5, 5.41) is 4.02. The van der Waals surface area contributed by atoms with Gasteiger partial charge in [0.05, 0.1) is 10.7 Å². The van der Waals surface area contributed by atoms with E-state index in [-0.39, 0.29) is 6.79 Å². The van der Waals surface area contributed by atoms with Crippen molar-refractivity contribution < 1.29 is 14.2 Å². The molecule has 98 valence electrons. The fourth-order valence-electron chi connectivity index (χ4n) is 2.33. The Morgan fingerprint density at radius 2 is 2.28 bits per heavy atom. The first-order valence-corrected chi connectivity index (χ1v) is 6.62. The molecule has 1 N–H and O–H groups in total. The Kier molecular flexibility index (Phi) is 3.48. The van der Waals surface area contributed by atoms with Crippen molar-refractivity contribution in [1.82, 2.24) is 0 Å². The number of nitrogens with one attached hydrogen (secondary N) is 1. The number of benzene rings is 1. The number of rotatable bonds is 4. The van der Waals surface area contributed by atoms with E-state index < -0.39 is 0 Å². The Morgan fingerprint density at radius 1 is 1.33 bits per heavy atom. The van der Waals surface area contributed by atoms with Gasteiger partial charge in [-0.05, 0) is 30.9 Å². The van der Waals surface area contributed by atoms with Gasteiger partial charge in [-0.3, -0.25) is 0 Å². The van der Waals surface area contributed by atoms with Crippen molar-refractivity contribution in [2.45, 2.75) is 12.8 Å². The van der Waals surface area contributed by atoms with Gasteiger partial charge in [0.1, 0.15) is 0 Å². The van der Waals surface area contributed by atoms with Gasteiger partial charge in [0, 0.05) is 19.8 Å². The molecule has 0 aliphatic carbocycles. The van der Waals surface area contributed by atoms with Crippen LogP contribution in [0.4, 0.5) is 5.69 Å². The second-order valence-corrected chi connectivity index (χ2v) is 5.01. The normalized spacial score (nSPS) is 21.3. The zero-order chi connectivity index (χ0) is 12.4. The smallest absolute Gasteiger partial charge is 0.231 e. The average Bonchev–Trinajstić information content (AvgIpc) is 3.02. The molecule has 18 heavy (non-hydrogen) atoms. The van der Waals surface area contributed by atoms with Crippen LogP contribution in [0.15, 0.2) is 12.1 Å². The van der Waals surface area contributed by atoms with Crippen LogP contribution in [0.1, 0.15) is 12.8 Å². The number of ether oxygens (including phenoxy) is 3. The monoisotopic (exact) mass is 269 g/mol. The van der Waals surface area contributed by atoms with E-state index in [2.05, 4.69) is 5.32 Å². The largest absolute Gasteiger partial charge is 0.454 e. The standard InChI is InChI=1S/C13H16ClNO3/c14-10-1-2-11-13(18-8-17-11)12(10)15-5-3-9-4-6-16-7-9/h1-2,9,15H,3-8H2. The molecule has 2 heterocycles. The van der Waals surface area contributed by atoms with E-state index in [0.717, 1.165) is 49.8 Å². The fourth-order valence-corrected chi connectivity index (χ4v) is 2.54. The van der Waals surface area contributed by atoms with Crippen LogP contribution in [0.2, 0.25) is 5.02 Å². The third-order valence-electron chi connectivity index (χ3n) is 3.37. The first kappa shape index (κ1) is 11.9. The first-order valence-electron chi connectivity index (χ1n) is 6.24. The van der Waals surface area contributed by atoms with Crippen LogP contribution in [0, 0.1) is 5.92 Å². The van der Waals surface area contributed by atoms with Crippen LogP contribution in [-0.4, -0.2) is 26.6 Å². The summed E-state index contributed by atoms with van der Waals surface area (Å²) in [7, 11) is 0. The van der Waals surface area contributed by atoms with Crippen LogP contribution >= 0.6 is 11.6 Å². The van der Waals surface area contributed by atoms with Gasteiger partial charge in [0.25, 0.3) is 0 Å². The van der Waals surface area contributed by atoms with E-state index in [1.54, 1.807) is 0 Å². The molecule has 0 radical (unpaired) electrons. The lowest BCUT2D eigenvalue weighted by molar-refractivity contribution is 0.174. The molecule has 1 atom stereocenters. The maximum atomic E-state index is 6.18. The second-order valence-electron chi connectivity index (χ2n) is 4.60. The van der Waals surface area contributed by atoms with Crippen molar-refractivity contribution >= 4 is 17.3 Å². The summed E-state index contributed by atoms with van der Waals surface area (Å²) in [5.41, 5.74) is 0.839. The molecule has 0 bridgehead atoms. The molecule has 2 aliphatic heterocycles. The lowest BCUT2D eigenvalue weighted by Crippen LogP contribution is -2.09. The number of fused-ring (bicyclic) bond motifs is 1. The van der Waals surface area contributed by atoms with Crippen LogP contribution in [0.25, 0.3) is 0 Å². The Balaban J connectivity index is 1.63. The van der Waals surface area contributed by atoms with E-state index in [1.165, 1.54) is 0 Å². The fraction of sp³-hybridized carbons (Fsp3) is 0.538. The lowest BCUT2D eigenvalue weighted by Gasteiger charge is -2.13. The molecule has 1 aromatic rings. The van der Waals surface area contributed by atoms with Gasteiger partial charge in [-0.1, -0.05) is 11.6 Å². The van der Waals surface area contributed by atoms with E-state index in [1.807, 2.05) is 12.1 Å². The van der Waals surface area contributed by atoms with Gasteiger partial charge in [0.15, 0.2) is 11.5 Å². The quantitative estimate of drug-likeness (QED) is 0.912. The maximum absolute atomic E-state index is 6.18. The molecule has 3 rings (SSSR count). The van der Waals surface area contributed by atoms with Crippen LogP contribution < -0.4 is 14.8 Å². The minimum atomic E-state index is 0.265. The zero-order valence-corrected chi connectivity index (χ0v) is 10.8. The number of anilines is 1. The molecule has 1 fully saturated rings. The molecular formula is C13H16ClNO3. The van der Waals surface area contributed by atoms with E-state index >= 15 is 0 Å². The molecule has 0 saturated carbocycles. The molecule has 1 aromatic carbocycles. The number of hydrogen-bond acceptors (Lipinski definition) is 4. The predicted octanol–water partition coefficient (Wildman–Crippen LogP) is 2.91. The summed E-state index contributed by atoms with van der Waals surface area (Å²) in [6.45, 7) is 2.90. The predicted molar refractivity (Wildman–Crippen MR) is 69.6 cm³/mol. The third kappa shape index (κ3) is 2.35. The van der Waals surface area contributed by atoms with Crippen LogP contribution in [0.5, 0.6) is 11.5 Å². The van der Waals surface area contributed by atoms with E-state index in [0.29, 0.717) is 10.9 Å². The van der Waals surface area contributed by atoms with Crippen molar-refractivity contribution in [3.05, 3.63) is 17.2 Å². The van der Waals surface area contributed by atoms with Crippen LogP contribution in [0.3, 0.4) is 0 Å². The summed E-state index contributed by atoms with van der Waals surface area (Å²) in [6, 6.07) is 3.66. The maximum Gasteiger partial charge on any atom is 0.231 e. The highest BCUT2D eigenvalue weighted by Crippen LogP contribution is 2.43. The van der Waals surface area contributed by atoms with Crippen molar-refractivity contribution in [1.29, 1.82) is 0 Å². The Hall–Kier alpha value is -1.13. The van der Waals surface area contributed by atoms with Crippen molar-refractivity contribution in [2.75, 3.05) is 31.9 Å². The summed E-state index contributed by atoms with van der Waals surface area (Å²) < 4.78 is 16.1. The molecule has 1 unspecified atom stereocenters. The van der Waals surface area contributed by atoms with Crippen molar-refractivity contribution in [2.24, 2.45) is 5.92 Å². The average molecular weight is 270 g/mol. The molecule has 2 aliphatic rings. The van der Waals surface area contributed by atoms with Gasteiger partial charge >= 0.3 is 0 Å². The Bertz CT molecular complexity index is 432. The highest BCUT2D eigenvalue weighted by molar-refractivity contribution is 6.33. The Morgan fingerprint density at radius 3 is 3.11 bits per heavy atom. The molecule has 0 amide bonds. The van der Waals surface area contributed by atoms with Crippen molar-refractivity contribution in [3.63, 3.8) is 0 Å². The summed E-state index contributed by atoms with van der Waals surface area (Å²) in [4.78, 5) is 0. The van der Waals surface area contributed by atoms with Crippen LogP contribution in [-0.2, 0) is 4.74 Å². The summed E-state index contributed by atoms with van der Waals surface area (Å²) >= 11 is 6.18. The summed E-state index contributed by atoms with van der Waals surface area (Å²) in [5.74, 6) is 2.14. The Labute approximate surface area is 111 Å². The van der Waals surface area contributed by atoms with Gasteiger partial charge in [-0.15, -0.1) is 0 Å². The highest BCUT2D eigenvalue weighted by Gasteiger charge is 2.21. The molecule has 1 saturated heterocycles. The minimum Gasteiger partial charge on any atom is -0.454 e. The van der Waals surface area contributed by atoms with Gasteiger partial charge in [-0.25, -0.2) is 0 Å². The molecule has 4 nitrogen and oxygen atoms in total. The molecule has 5 heteroatoms. The second kappa shape index (κ2) is 5.24. The molecule has 0 aromatic heterocycles. The molecular weight excluding hydrogens is 254 g/mol. The SMILES string of the molecule is Clc1ccc2c(c1NCCC1CCOC1)OCO2. The number of hydrogen-bond donors (Lipinski definition) is 1. The highest BCUT2D eigenvalue weighted by atomic mass is 35.5. The zero-order valence-electron chi connectivity index (χ0n) is 10.1. The number of halogens is 1. The topological polar surface area (TPSA) is 39.7 Å². The van der Waals surface area contributed by atoms with Gasteiger partial charge in [-0.2, -0.15) is 0 Å². The lowest BCUT2D eigenvalue weighted by atomic mass is 10.1. The van der Waals surface area contributed by atoms with Gasteiger partial charge < -0.3 is 19.5 Å². The minimum absolute atomic E-state index is 0.265. The summed E-state index contributed by atoms with van der Waals surface area (Å²) in [6.07, 6.45) is 2.24. The van der Waals surface area contributed by atoms with Gasteiger partial charge in [0.2, 0.25) is 6.79 Å². The molecule has 0 spiro atoms. The van der Waals surface area contributed by atoms with Crippen molar-refractivity contribution in [3.8, 4) is 11.5 Å². The van der Waals surface area contributed by atoms with E-state index in [4.69, 9.17) is 25.8 Å². The first-order chi connectivity index (χ1) is 8.84. The van der Waals surface area contributed by atoms with E-state index in [9.17, 15) is 0 Å². The third-order valence-corrected chi connectivity index (χ3v) is 3.68.